The molecule has 2 aromatic rings. The molecule has 1 aliphatic rings. The van der Waals surface area contributed by atoms with E-state index < -0.39 is 4.92 Å². The van der Waals surface area contributed by atoms with Crippen LogP contribution in [0.2, 0.25) is 0 Å². The summed E-state index contributed by atoms with van der Waals surface area (Å²) in [4.78, 5) is 24.9. The summed E-state index contributed by atoms with van der Waals surface area (Å²) >= 11 is 0. The van der Waals surface area contributed by atoms with Crippen LogP contribution in [0.1, 0.15) is 15.9 Å². The quantitative estimate of drug-likeness (QED) is 0.645. The first-order valence-corrected chi connectivity index (χ1v) is 6.84. The van der Waals surface area contributed by atoms with Gasteiger partial charge in [-0.2, -0.15) is 0 Å². The van der Waals surface area contributed by atoms with Crippen LogP contribution in [0.3, 0.4) is 0 Å². The summed E-state index contributed by atoms with van der Waals surface area (Å²) in [5.74, 6) is 0.319. The van der Waals surface area contributed by atoms with Crippen LogP contribution in [-0.4, -0.2) is 24.5 Å². The van der Waals surface area contributed by atoms with Gasteiger partial charge in [-0.15, -0.1) is 0 Å². The van der Waals surface area contributed by atoms with Gasteiger partial charge < -0.3 is 9.64 Å². The standard InChI is InChI=1S/C16H14N2O4/c1-22-13-6-2-5-12(10-13)16(19)17-9-8-11-4-3-7-14(15(11)17)18(20)21/h2-7,10H,8-9H2,1H3. The minimum Gasteiger partial charge on any atom is -0.497 e. The molecule has 22 heavy (non-hydrogen) atoms. The van der Waals surface area contributed by atoms with Gasteiger partial charge in [-0.1, -0.05) is 18.2 Å². The van der Waals surface area contributed by atoms with E-state index in [4.69, 9.17) is 4.74 Å². The molecule has 0 spiro atoms. The highest BCUT2D eigenvalue weighted by Gasteiger charge is 2.32. The second-order valence-corrected chi connectivity index (χ2v) is 4.98. The van der Waals surface area contributed by atoms with Crippen molar-refractivity contribution in [2.45, 2.75) is 6.42 Å². The van der Waals surface area contributed by atoms with E-state index in [9.17, 15) is 14.9 Å². The Morgan fingerprint density at radius 2 is 2.05 bits per heavy atom. The van der Waals surface area contributed by atoms with Crippen LogP contribution in [0.25, 0.3) is 0 Å². The van der Waals surface area contributed by atoms with Gasteiger partial charge in [0.2, 0.25) is 0 Å². The third-order valence-corrected chi connectivity index (χ3v) is 3.73. The largest absolute Gasteiger partial charge is 0.497 e. The molecule has 0 saturated carbocycles. The van der Waals surface area contributed by atoms with Crippen LogP contribution in [-0.2, 0) is 6.42 Å². The number of methoxy groups -OCH3 is 1. The number of nitrogens with zero attached hydrogens (tertiary/aromatic N) is 2. The van der Waals surface area contributed by atoms with E-state index in [2.05, 4.69) is 0 Å². The number of carbonyl (C=O) groups excluding carboxylic acids is 1. The first kappa shape index (κ1) is 14.1. The van der Waals surface area contributed by atoms with E-state index in [0.29, 0.717) is 30.0 Å². The third-order valence-electron chi connectivity index (χ3n) is 3.73. The van der Waals surface area contributed by atoms with E-state index in [-0.39, 0.29) is 11.6 Å². The Morgan fingerprint density at radius 1 is 1.27 bits per heavy atom. The molecule has 1 amide bonds. The monoisotopic (exact) mass is 298 g/mol. The zero-order chi connectivity index (χ0) is 15.7. The summed E-state index contributed by atoms with van der Waals surface area (Å²) in [6, 6.07) is 11.7. The molecule has 3 rings (SSSR count). The molecule has 6 heteroatoms. The number of carbonyl (C=O) groups is 1. The molecule has 0 aliphatic carbocycles. The van der Waals surface area contributed by atoms with Gasteiger partial charge >= 0.3 is 0 Å². The average Bonchev–Trinajstić information content (AvgIpc) is 2.98. The SMILES string of the molecule is COc1cccc(C(=O)N2CCc3cccc([N+](=O)[O-])c32)c1. The highest BCUT2D eigenvalue weighted by Crippen LogP contribution is 2.37. The molecule has 6 nitrogen and oxygen atoms in total. The molecule has 0 unspecified atom stereocenters. The van der Waals surface area contributed by atoms with Gasteiger partial charge in [-0.3, -0.25) is 14.9 Å². The summed E-state index contributed by atoms with van der Waals surface area (Å²) in [6.07, 6.45) is 0.618. The number of nitro benzene ring substituents is 1. The number of fused-ring (bicyclic) bond motifs is 1. The van der Waals surface area contributed by atoms with Crippen molar-refractivity contribution in [3.05, 3.63) is 63.7 Å². The van der Waals surface area contributed by atoms with Gasteiger partial charge in [-0.25, -0.2) is 0 Å². The molecule has 1 heterocycles. The van der Waals surface area contributed by atoms with Gasteiger partial charge in [0.25, 0.3) is 11.6 Å². The average molecular weight is 298 g/mol. The van der Waals surface area contributed by atoms with Crippen LogP contribution < -0.4 is 9.64 Å². The molecular weight excluding hydrogens is 284 g/mol. The highest BCUT2D eigenvalue weighted by molar-refractivity contribution is 6.08. The number of rotatable bonds is 3. The third kappa shape index (κ3) is 2.28. The number of nitro groups is 1. The number of benzene rings is 2. The normalized spacial score (nSPS) is 12.9. The Hall–Kier alpha value is -2.89. The van der Waals surface area contributed by atoms with Gasteiger partial charge in [0.15, 0.2) is 0 Å². The Morgan fingerprint density at radius 3 is 2.77 bits per heavy atom. The molecule has 0 fully saturated rings. The van der Waals surface area contributed by atoms with Crippen molar-refractivity contribution in [3.63, 3.8) is 0 Å². The van der Waals surface area contributed by atoms with E-state index >= 15 is 0 Å². The van der Waals surface area contributed by atoms with Crippen LogP contribution in [0, 0.1) is 10.1 Å². The molecule has 112 valence electrons. The van der Waals surface area contributed by atoms with Gasteiger partial charge in [-0.05, 0) is 30.2 Å². The van der Waals surface area contributed by atoms with Gasteiger partial charge in [0, 0.05) is 18.2 Å². The highest BCUT2D eigenvalue weighted by atomic mass is 16.6. The number of ether oxygens (including phenoxy) is 1. The maximum absolute atomic E-state index is 12.7. The summed E-state index contributed by atoms with van der Waals surface area (Å²) in [5, 5.41) is 11.2. The lowest BCUT2D eigenvalue weighted by molar-refractivity contribution is -0.384. The smallest absolute Gasteiger partial charge is 0.293 e. The van der Waals surface area contributed by atoms with Crippen molar-refractivity contribution in [2.75, 3.05) is 18.6 Å². The van der Waals surface area contributed by atoms with E-state index in [1.54, 1.807) is 30.3 Å². The second-order valence-electron chi connectivity index (χ2n) is 4.98. The zero-order valence-corrected chi connectivity index (χ0v) is 12.0. The molecular formula is C16H14N2O4. The van der Waals surface area contributed by atoms with Crippen LogP contribution in [0.4, 0.5) is 11.4 Å². The molecule has 0 N–H and O–H groups in total. The van der Waals surface area contributed by atoms with Crippen molar-refractivity contribution in [2.24, 2.45) is 0 Å². The Balaban J connectivity index is 2.02. The summed E-state index contributed by atoms with van der Waals surface area (Å²) in [5.41, 5.74) is 1.64. The van der Waals surface area contributed by atoms with Crippen molar-refractivity contribution in [1.29, 1.82) is 0 Å². The molecule has 0 atom stereocenters. The number of anilines is 1. The number of para-hydroxylation sites is 1. The molecule has 2 aromatic carbocycles. The fraction of sp³-hybridized carbons (Fsp3) is 0.188. The van der Waals surface area contributed by atoms with E-state index in [1.807, 2.05) is 6.07 Å². The van der Waals surface area contributed by atoms with Crippen LogP contribution in [0.5, 0.6) is 5.75 Å². The van der Waals surface area contributed by atoms with E-state index in [1.165, 1.54) is 18.1 Å². The predicted octanol–water partition coefficient (Wildman–Crippen LogP) is 2.81. The Labute approximate surface area is 127 Å². The number of hydrogen-bond acceptors (Lipinski definition) is 4. The lowest BCUT2D eigenvalue weighted by atomic mass is 10.1. The lowest BCUT2D eigenvalue weighted by Crippen LogP contribution is -2.29. The molecule has 0 saturated heterocycles. The van der Waals surface area contributed by atoms with Crippen LogP contribution >= 0.6 is 0 Å². The maximum atomic E-state index is 12.7. The number of amides is 1. The first-order valence-electron chi connectivity index (χ1n) is 6.84. The lowest BCUT2D eigenvalue weighted by Gasteiger charge is -2.17. The first-order chi connectivity index (χ1) is 10.6. The van der Waals surface area contributed by atoms with E-state index in [0.717, 1.165) is 5.56 Å². The van der Waals surface area contributed by atoms with Crippen molar-refractivity contribution in [1.82, 2.24) is 0 Å². The predicted molar refractivity (Wildman–Crippen MR) is 81.5 cm³/mol. The van der Waals surface area contributed by atoms with Gasteiger partial charge in [0.05, 0.1) is 12.0 Å². The molecule has 0 bridgehead atoms. The number of hydrogen-bond donors (Lipinski definition) is 0. The molecule has 0 radical (unpaired) electrons. The Kier molecular flexibility index (Phi) is 3.50. The van der Waals surface area contributed by atoms with Crippen molar-refractivity contribution < 1.29 is 14.5 Å². The minimum absolute atomic E-state index is 0.0359. The molecule has 1 aliphatic heterocycles. The minimum atomic E-state index is -0.448. The maximum Gasteiger partial charge on any atom is 0.293 e. The summed E-state index contributed by atoms with van der Waals surface area (Å²) in [7, 11) is 1.53. The van der Waals surface area contributed by atoms with Crippen molar-refractivity contribution in [3.8, 4) is 5.75 Å². The Bertz CT molecular complexity index is 758. The zero-order valence-electron chi connectivity index (χ0n) is 12.0. The summed E-state index contributed by atoms with van der Waals surface area (Å²) in [6.45, 7) is 0.441. The second kappa shape index (κ2) is 5.48. The topological polar surface area (TPSA) is 72.7 Å². The van der Waals surface area contributed by atoms with Crippen LogP contribution in [0.15, 0.2) is 42.5 Å². The van der Waals surface area contributed by atoms with Crippen molar-refractivity contribution >= 4 is 17.3 Å². The molecule has 0 aromatic heterocycles. The fourth-order valence-electron chi connectivity index (χ4n) is 2.70. The fourth-order valence-corrected chi connectivity index (χ4v) is 2.70. The van der Waals surface area contributed by atoms with Gasteiger partial charge in [0.1, 0.15) is 11.4 Å². The summed E-state index contributed by atoms with van der Waals surface area (Å²) < 4.78 is 5.12.